The maximum Gasteiger partial charge on any atom is 0.425 e. The van der Waals surface area contributed by atoms with E-state index >= 15 is 0 Å². The number of aromatic nitrogens is 1. The largest absolute Gasteiger partial charge is 0.481 e. The van der Waals surface area contributed by atoms with Crippen LogP contribution in [0.3, 0.4) is 0 Å². The van der Waals surface area contributed by atoms with Crippen LogP contribution in [0.2, 0.25) is 0 Å². The summed E-state index contributed by atoms with van der Waals surface area (Å²) < 4.78 is 104. The van der Waals surface area contributed by atoms with Crippen molar-refractivity contribution in [2.24, 2.45) is 16.7 Å². The Morgan fingerprint density at radius 1 is 1.11 bits per heavy atom. The molecule has 0 radical (unpaired) electrons. The summed E-state index contributed by atoms with van der Waals surface area (Å²) in [7, 11) is 0. The number of rotatable bonds is 10. The number of alkyl halides is 6. The average molecular weight is 785 g/mol. The highest BCUT2D eigenvalue weighted by molar-refractivity contribution is 7.10. The smallest absolute Gasteiger partial charge is 0.425 e. The molecule has 0 bridgehead atoms. The molecule has 1 N–H and O–H groups in total. The molecule has 292 valence electrons. The quantitative estimate of drug-likeness (QED) is 0.240. The fourth-order valence-corrected chi connectivity index (χ4v) is 8.81. The van der Waals surface area contributed by atoms with Crippen molar-refractivity contribution in [3.63, 3.8) is 0 Å². The maximum atomic E-state index is 14.9. The van der Waals surface area contributed by atoms with Gasteiger partial charge in [0.2, 0.25) is 5.60 Å². The number of hydrogen-bond acceptors (Lipinski definition) is 7. The van der Waals surface area contributed by atoms with E-state index in [0.717, 1.165) is 28.6 Å². The Balaban J connectivity index is 1.53. The van der Waals surface area contributed by atoms with Crippen LogP contribution >= 0.6 is 11.3 Å². The molecule has 2 fully saturated rings. The average Bonchev–Trinajstić information content (AvgIpc) is 3.61. The molecule has 3 aliphatic rings. The molecule has 2 aromatic heterocycles. The van der Waals surface area contributed by atoms with E-state index in [1.807, 2.05) is 0 Å². The number of pyridine rings is 1. The molecule has 9 nitrogen and oxygen atoms in total. The van der Waals surface area contributed by atoms with Gasteiger partial charge in [-0.3, -0.25) is 19.4 Å². The minimum atomic E-state index is -4.94. The number of nitriles is 1. The molecule has 2 amide bonds. The van der Waals surface area contributed by atoms with E-state index in [1.165, 1.54) is 17.1 Å². The molecule has 54 heavy (non-hydrogen) atoms. The molecule has 4 unspecified atom stereocenters. The molecule has 2 aromatic rings. The van der Waals surface area contributed by atoms with E-state index in [1.54, 1.807) is 19.9 Å². The number of amides is 2. The van der Waals surface area contributed by atoms with Crippen LogP contribution in [0.4, 0.5) is 30.7 Å². The lowest BCUT2D eigenvalue weighted by Gasteiger charge is -2.52. The number of halogens is 7. The number of carboxylic acid groups (broad SMARTS) is 1. The Morgan fingerprint density at radius 2 is 1.81 bits per heavy atom. The summed E-state index contributed by atoms with van der Waals surface area (Å²) in [4.78, 5) is 45.7. The van der Waals surface area contributed by atoms with Gasteiger partial charge in [0.25, 0.3) is 11.8 Å². The molecule has 0 saturated carbocycles. The summed E-state index contributed by atoms with van der Waals surface area (Å²) in [5, 5.41) is 21.0. The van der Waals surface area contributed by atoms with Gasteiger partial charge in [0.15, 0.2) is 0 Å². The van der Waals surface area contributed by atoms with Gasteiger partial charge in [0.1, 0.15) is 22.1 Å². The van der Waals surface area contributed by atoms with Crippen LogP contribution in [0, 0.1) is 28.1 Å². The summed E-state index contributed by atoms with van der Waals surface area (Å²) in [6, 6.07) is 3.56. The highest BCUT2D eigenvalue weighted by Crippen LogP contribution is 2.53. The number of allylic oxidation sites excluding steroid dienone is 4. The number of hydrogen-bond donors (Lipinski definition) is 1. The summed E-state index contributed by atoms with van der Waals surface area (Å²) in [5.74, 6) is -4.59. The normalized spacial score (nSPS) is 25.8. The lowest BCUT2D eigenvalue weighted by molar-refractivity contribution is -0.161. The van der Waals surface area contributed by atoms with Gasteiger partial charge in [-0.05, 0) is 61.8 Å². The Morgan fingerprint density at radius 3 is 2.41 bits per heavy atom. The third kappa shape index (κ3) is 7.99. The molecular formula is C37H39F7N4O5S. The Kier molecular flexibility index (Phi) is 11.6. The van der Waals surface area contributed by atoms with Gasteiger partial charge in [-0.2, -0.15) is 31.6 Å². The summed E-state index contributed by atoms with van der Waals surface area (Å²) in [6.45, 7) is 3.18. The number of thiophene rings is 1. The van der Waals surface area contributed by atoms with Crippen LogP contribution in [-0.2, 0) is 21.9 Å². The second-order valence-electron chi connectivity index (χ2n) is 14.3. The lowest BCUT2D eigenvalue weighted by atomic mass is 9.57. The maximum absolute atomic E-state index is 14.9. The molecule has 0 aromatic carbocycles. The van der Waals surface area contributed by atoms with Crippen molar-refractivity contribution >= 4 is 29.1 Å². The molecule has 2 saturated heterocycles. The van der Waals surface area contributed by atoms with Gasteiger partial charge < -0.3 is 19.6 Å². The predicted molar refractivity (Wildman–Crippen MR) is 182 cm³/mol. The molecule has 17 heteroatoms. The highest BCUT2D eigenvalue weighted by atomic mass is 32.1. The SMILES string of the molecule is CCCC1N(C(=O)c2ncccc2C(F)(F)F)CCCC1(Oc1csc(C(F)(F)F)c1)C(=O)N1CCC(C#N)(C2C=C(F)C=CC2(C)CCC(=O)O)CC1. The van der Waals surface area contributed by atoms with Crippen molar-refractivity contribution in [1.82, 2.24) is 14.8 Å². The first-order valence-corrected chi connectivity index (χ1v) is 18.3. The zero-order valence-electron chi connectivity index (χ0n) is 29.5. The van der Waals surface area contributed by atoms with Crippen molar-refractivity contribution in [3.8, 4) is 11.8 Å². The number of aliphatic carboxylic acids is 1. The molecule has 2 aliphatic heterocycles. The Hall–Kier alpha value is -4.46. The number of ether oxygens (including phenoxy) is 1. The third-order valence-electron chi connectivity index (χ3n) is 10.8. The van der Waals surface area contributed by atoms with Gasteiger partial charge in [-0.1, -0.05) is 26.3 Å². The van der Waals surface area contributed by atoms with E-state index in [-0.39, 0.29) is 70.3 Å². The number of carbonyl (C=O) groups excluding carboxylic acids is 2. The second-order valence-corrected chi connectivity index (χ2v) is 15.2. The van der Waals surface area contributed by atoms with Gasteiger partial charge >= 0.3 is 18.3 Å². The number of likely N-dealkylation sites (tertiary alicyclic amines) is 2. The lowest BCUT2D eigenvalue weighted by Crippen LogP contribution is -2.68. The predicted octanol–water partition coefficient (Wildman–Crippen LogP) is 8.45. The van der Waals surface area contributed by atoms with Crippen molar-refractivity contribution in [2.45, 2.75) is 89.2 Å². The molecular weight excluding hydrogens is 745 g/mol. The van der Waals surface area contributed by atoms with E-state index < -0.39 is 80.5 Å². The van der Waals surface area contributed by atoms with Crippen LogP contribution in [0.15, 0.2) is 53.8 Å². The zero-order chi connectivity index (χ0) is 39.7. The van der Waals surface area contributed by atoms with Gasteiger partial charge in [-0.15, -0.1) is 11.3 Å². The minimum absolute atomic E-state index is 0.0108. The minimum Gasteiger partial charge on any atom is -0.481 e. The van der Waals surface area contributed by atoms with Crippen LogP contribution in [-0.4, -0.2) is 69.0 Å². The van der Waals surface area contributed by atoms with E-state index in [2.05, 4.69) is 11.1 Å². The van der Waals surface area contributed by atoms with Gasteiger partial charge in [0.05, 0.1) is 23.1 Å². The first-order chi connectivity index (χ1) is 25.3. The van der Waals surface area contributed by atoms with Gasteiger partial charge in [-0.25, -0.2) is 4.39 Å². The van der Waals surface area contributed by atoms with E-state index in [0.29, 0.717) is 23.8 Å². The number of carboxylic acids is 1. The molecule has 0 spiro atoms. The number of carbonyl (C=O) groups is 3. The molecule has 1 aliphatic carbocycles. The van der Waals surface area contributed by atoms with Crippen molar-refractivity contribution in [1.29, 1.82) is 5.26 Å². The molecule has 4 heterocycles. The second kappa shape index (κ2) is 15.3. The Bertz CT molecular complexity index is 1850. The zero-order valence-corrected chi connectivity index (χ0v) is 30.3. The van der Waals surface area contributed by atoms with Crippen molar-refractivity contribution < 1.29 is 55.0 Å². The van der Waals surface area contributed by atoms with Gasteiger partial charge in [0, 0.05) is 56.0 Å². The highest BCUT2D eigenvalue weighted by Gasteiger charge is 2.58. The van der Waals surface area contributed by atoms with Crippen molar-refractivity contribution in [3.05, 3.63) is 70.0 Å². The van der Waals surface area contributed by atoms with E-state index in [4.69, 9.17) is 4.74 Å². The first kappa shape index (κ1) is 40.7. The molecule has 4 atom stereocenters. The van der Waals surface area contributed by atoms with E-state index in [9.17, 15) is 55.5 Å². The Labute approximate surface area is 311 Å². The monoisotopic (exact) mass is 784 g/mol. The van der Waals surface area contributed by atoms with Crippen LogP contribution in [0.25, 0.3) is 0 Å². The third-order valence-corrected chi connectivity index (χ3v) is 11.8. The topological polar surface area (TPSA) is 124 Å². The molecule has 5 rings (SSSR count). The van der Waals surface area contributed by atoms with Crippen LogP contribution < -0.4 is 4.74 Å². The number of nitrogens with zero attached hydrogens (tertiary/aromatic N) is 4. The standard InChI is InChI=1S/C37H39F7N4O5S/c1-3-6-27-35(53-24-20-28(54-21-24)37(42,43)44,10-5-16-48(27)31(51)30-25(36(39,40)41)7-4-15-46-30)32(52)47-17-13-34(22-45,14-18-47)26-19-23(38)8-11-33(26,2)12-9-29(49)50/h4,7-8,11,15,19-21,26-27H,3,5-6,9-10,12-14,16-18H2,1-2H3,(H,49,50). The summed E-state index contributed by atoms with van der Waals surface area (Å²) in [5.41, 5.74) is -6.41. The first-order valence-electron chi connectivity index (χ1n) is 17.5. The fraction of sp³-hybridized carbons (Fsp3) is 0.541. The summed E-state index contributed by atoms with van der Waals surface area (Å²) in [6.07, 6.45) is -4.40. The van der Waals surface area contributed by atoms with Crippen LogP contribution in [0.1, 0.15) is 86.1 Å². The summed E-state index contributed by atoms with van der Waals surface area (Å²) >= 11 is 0.334. The fourth-order valence-electron chi connectivity index (χ4n) is 8.13. The number of piperidine rings is 2. The van der Waals surface area contributed by atoms with Crippen LogP contribution in [0.5, 0.6) is 5.75 Å². The van der Waals surface area contributed by atoms with Crippen molar-refractivity contribution in [2.75, 3.05) is 19.6 Å².